The van der Waals surface area contributed by atoms with E-state index in [2.05, 4.69) is 6.07 Å². The van der Waals surface area contributed by atoms with Crippen molar-refractivity contribution in [3.63, 3.8) is 0 Å². The third kappa shape index (κ3) is 1.24. The Bertz CT molecular complexity index is 463. The molecular formula is C10H7O3. The van der Waals surface area contributed by atoms with Gasteiger partial charge in [-0.3, -0.25) is 0 Å². The van der Waals surface area contributed by atoms with E-state index in [9.17, 15) is 0 Å². The highest BCUT2D eigenvalue weighted by Crippen LogP contribution is 2.30. The Morgan fingerprint density at radius 3 is 2.54 bits per heavy atom. The molecule has 2 aromatic rings. The molecule has 0 saturated carbocycles. The lowest BCUT2D eigenvalue weighted by molar-refractivity contribution is 0.404. The minimum absolute atomic E-state index is 0.117. The fraction of sp³-hybridized carbons (Fsp3) is 0. The summed E-state index contributed by atoms with van der Waals surface area (Å²) in [6.07, 6.45) is 0. The Balaban J connectivity index is 2.81. The highest BCUT2D eigenvalue weighted by atomic mass is 16.3. The first-order valence-electron chi connectivity index (χ1n) is 3.74. The molecule has 2 rings (SSSR count). The molecule has 0 saturated heterocycles. The summed E-state index contributed by atoms with van der Waals surface area (Å²) in [5, 5.41) is 28.7. The predicted molar refractivity (Wildman–Crippen MR) is 47.8 cm³/mol. The van der Waals surface area contributed by atoms with Crippen LogP contribution in [0.1, 0.15) is 0 Å². The molecule has 65 valence electrons. The van der Waals surface area contributed by atoms with Crippen LogP contribution in [0.15, 0.2) is 24.3 Å². The van der Waals surface area contributed by atoms with E-state index in [-0.39, 0.29) is 17.2 Å². The van der Waals surface area contributed by atoms with Crippen LogP contribution in [0.25, 0.3) is 10.8 Å². The normalized spacial score (nSPS) is 10.5. The number of phenolic OH excluding ortho intramolecular Hbond substituents is 3. The Morgan fingerprint density at radius 2 is 1.77 bits per heavy atom. The molecule has 0 aromatic heterocycles. The molecule has 0 aliphatic rings. The second-order valence-corrected chi connectivity index (χ2v) is 2.77. The van der Waals surface area contributed by atoms with Crippen molar-refractivity contribution in [1.29, 1.82) is 0 Å². The van der Waals surface area contributed by atoms with Crippen LogP contribution in [0.5, 0.6) is 17.2 Å². The third-order valence-corrected chi connectivity index (χ3v) is 1.82. The van der Waals surface area contributed by atoms with Crippen molar-refractivity contribution in [2.24, 2.45) is 0 Å². The minimum Gasteiger partial charge on any atom is -0.508 e. The van der Waals surface area contributed by atoms with Crippen molar-refractivity contribution in [3.8, 4) is 17.2 Å². The Kier molecular flexibility index (Phi) is 1.52. The van der Waals surface area contributed by atoms with Gasteiger partial charge in [-0.15, -0.1) is 0 Å². The first kappa shape index (κ1) is 7.73. The molecule has 0 atom stereocenters. The van der Waals surface area contributed by atoms with Gasteiger partial charge < -0.3 is 15.3 Å². The highest BCUT2D eigenvalue weighted by Gasteiger charge is 2.02. The van der Waals surface area contributed by atoms with Gasteiger partial charge in [-0.05, 0) is 35.0 Å². The summed E-state index contributed by atoms with van der Waals surface area (Å²) >= 11 is 0. The smallest absolute Gasteiger partial charge is 0.166 e. The fourth-order valence-electron chi connectivity index (χ4n) is 1.19. The van der Waals surface area contributed by atoms with Crippen LogP contribution in [-0.2, 0) is 0 Å². The predicted octanol–water partition coefficient (Wildman–Crippen LogP) is 1.76. The van der Waals surface area contributed by atoms with E-state index >= 15 is 0 Å². The quantitative estimate of drug-likeness (QED) is 0.534. The van der Waals surface area contributed by atoms with Gasteiger partial charge in [0.15, 0.2) is 11.5 Å². The first-order chi connectivity index (χ1) is 6.16. The molecule has 0 bridgehead atoms. The summed E-state index contributed by atoms with van der Waals surface area (Å²) in [7, 11) is 0. The van der Waals surface area contributed by atoms with Crippen molar-refractivity contribution >= 4 is 10.8 Å². The third-order valence-electron chi connectivity index (χ3n) is 1.82. The first-order valence-corrected chi connectivity index (χ1v) is 3.74. The van der Waals surface area contributed by atoms with Gasteiger partial charge in [0.1, 0.15) is 5.75 Å². The van der Waals surface area contributed by atoms with E-state index in [1.807, 2.05) is 0 Å². The van der Waals surface area contributed by atoms with Crippen LogP contribution in [0.4, 0.5) is 0 Å². The summed E-state index contributed by atoms with van der Waals surface area (Å²) in [5.41, 5.74) is 0. The number of phenols is 3. The maximum absolute atomic E-state index is 9.15. The number of rotatable bonds is 0. The molecule has 0 fully saturated rings. The number of fused-ring (bicyclic) bond motifs is 1. The Hall–Kier alpha value is -1.90. The average molecular weight is 175 g/mol. The number of benzene rings is 2. The van der Waals surface area contributed by atoms with Crippen LogP contribution < -0.4 is 0 Å². The van der Waals surface area contributed by atoms with Crippen LogP contribution in [0.3, 0.4) is 0 Å². The molecule has 13 heavy (non-hydrogen) atoms. The van der Waals surface area contributed by atoms with E-state index in [0.717, 1.165) is 0 Å². The van der Waals surface area contributed by atoms with Gasteiger partial charge in [0.2, 0.25) is 0 Å². The molecule has 3 heteroatoms. The molecule has 0 spiro atoms. The van der Waals surface area contributed by atoms with Crippen LogP contribution in [-0.4, -0.2) is 15.3 Å². The van der Waals surface area contributed by atoms with Crippen molar-refractivity contribution in [2.75, 3.05) is 0 Å². The lowest BCUT2D eigenvalue weighted by Gasteiger charge is -2.01. The molecule has 3 N–H and O–H groups in total. The zero-order chi connectivity index (χ0) is 9.42. The summed E-state index contributed by atoms with van der Waals surface area (Å²) < 4.78 is 0. The largest absolute Gasteiger partial charge is 0.508 e. The lowest BCUT2D eigenvalue weighted by atomic mass is 10.1. The second-order valence-electron chi connectivity index (χ2n) is 2.77. The number of hydrogen-bond donors (Lipinski definition) is 3. The molecule has 3 nitrogen and oxygen atoms in total. The summed E-state index contributed by atoms with van der Waals surface area (Å²) in [6.45, 7) is 0. The maximum Gasteiger partial charge on any atom is 0.166 e. The average Bonchev–Trinajstić information content (AvgIpc) is 2.08. The standard InChI is InChI=1S/C10H7O3/c11-8-2-1-6-4-9(12)10(13)5-7(6)3-8/h1-3,5,11-13H. The molecule has 0 aliphatic carbocycles. The fourth-order valence-corrected chi connectivity index (χ4v) is 1.19. The monoisotopic (exact) mass is 175 g/mol. The van der Waals surface area contributed by atoms with E-state index in [1.54, 1.807) is 6.07 Å². The number of hydrogen-bond acceptors (Lipinski definition) is 3. The van der Waals surface area contributed by atoms with Gasteiger partial charge in [0.25, 0.3) is 0 Å². The molecule has 0 heterocycles. The molecule has 2 aromatic carbocycles. The van der Waals surface area contributed by atoms with Crippen LogP contribution >= 0.6 is 0 Å². The Labute approximate surface area is 74.5 Å². The summed E-state index contributed by atoms with van der Waals surface area (Å²) in [6, 6.07) is 8.56. The maximum atomic E-state index is 9.15. The topological polar surface area (TPSA) is 60.7 Å². The van der Waals surface area contributed by atoms with E-state index in [1.165, 1.54) is 18.2 Å². The van der Waals surface area contributed by atoms with Crippen molar-refractivity contribution in [2.45, 2.75) is 0 Å². The second kappa shape index (κ2) is 2.55. The minimum atomic E-state index is -0.279. The van der Waals surface area contributed by atoms with Gasteiger partial charge in [0, 0.05) is 6.07 Å². The van der Waals surface area contributed by atoms with E-state index in [4.69, 9.17) is 15.3 Å². The van der Waals surface area contributed by atoms with Gasteiger partial charge in [-0.1, -0.05) is 0 Å². The van der Waals surface area contributed by atoms with Crippen LogP contribution in [0, 0.1) is 6.07 Å². The van der Waals surface area contributed by atoms with Crippen molar-refractivity contribution in [3.05, 3.63) is 30.3 Å². The van der Waals surface area contributed by atoms with Crippen LogP contribution in [0.2, 0.25) is 0 Å². The number of aromatic hydroxyl groups is 3. The van der Waals surface area contributed by atoms with E-state index in [0.29, 0.717) is 10.8 Å². The van der Waals surface area contributed by atoms with Gasteiger partial charge in [0.05, 0.1) is 0 Å². The summed E-state index contributed by atoms with van der Waals surface area (Å²) in [4.78, 5) is 0. The van der Waals surface area contributed by atoms with Crippen molar-refractivity contribution < 1.29 is 15.3 Å². The molecule has 0 unspecified atom stereocenters. The molecular weight excluding hydrogens is 168 g/mol. The Morgan fingerprint density at radius 1 is 1.00 bits per heavy atom. The summed E-state index contributed by atoms with van der Waals surface area (Å²) in [5.74, 6) is -0.401. The van der Waals surface area contributed by atoms with Gasteiger partial charge in [-0.2, -0.15) is 0 Å². The lowest BCUT2D eigenvalue weighted by Crippen LogP contribution is -1.74. The molecule has 1 radical (unpaired) electrons. The van der Waals surface area contributed by atoms with Gasteiger partial charge >= 0.3 is 0 Å². The van der Waals surface area contributed by atoms with E-state index < -0.39 is 0 Å². The zero-order valence-corrected chi connectivity index (χ0v) is 6.65. The van der Waals surface area contributed by atoms with Crippen molar-refractivity contribution in [1.82, 2.24) is 0 Å². The SMILES string of the molecule is Oc1ccc2[c]c(O)c(O)cc2c1. The van der Waals surface area contributed by atoms with Gasteiger partial charge in [-0.25, -0.2) is 0 Å². The highest BCUT2D eigenvalue weighted by molar-refractivity contribution is 5.86. The molecule has 0 amide bonds. The molecule has 0 aliphatic heterocycles. The zero-order valence-electron chi connectivity index (χ0n) is 6.65.